The molecule has 1 saturated heterocycles. The lowest BCUT2D eigenvalue weighted by molar-refractivity contribution is -0.139. The van der Waals surface area contributed by atoms with Crippen molar-refractivity contribution in [2.24, 2.45) is 11.7 Å². The van der Waals surface area contributed by atoms with Crippen molar-refractivity contribution in [1.29, 1.82) is 0 Å². The van der Waals surface area contributed by atoms with Crippen LogP contribution in [0.5, 0.6) is 0 Å². The van der Waals surface area contributed by atoms with E-state index in [4.69, 9.17) is 10.8 Å². The predicted octanol–water partition coefficient (Wildman–Crippen LogP) is -0.733. The van der Waals surface area contributed by atoms with Gasteiger partial charge in [-0.15, -0.1) is 0 Å². The van der Waals surface area contributed by atoms with Gasteiger partial charge in [0.25, 0.3) is 0 Å². The van der Waals surface area contributed by atoms with Crippen molar-refractivity contribution in [3.63, 3.8) is 0 Å². The van der Waals surface area contributed by atoms with E-state index in [-0.39, 0.29) is 18.4 Å². The first-order chi connectivity index (χ1) is 6.02. The van der Waals surface area contributed by atoms with Crippen LogP contribution in [-0.2, 0) is 9.59 Å². The topological polar surface area (TPSA) is 83.6 Å². The van der Waals surface area contributed by atoms with Gasteiger partial charge in [0.1, 0.15) is 6.04 Å². The predicted molar refractivity (Wildman–Crippen MR) is 46.0 cm³/mol. The Labute approximate surface area is 76.5 Å². The average molecular weight is 186 g/mol. The summed E-state index contributed by atoms with van der Waals surface area (Å²) in [7, 11) is 0. The Balaban J connectivity index is 2.47. The zero-order chi connectivity index (χ0) is 10.0. The fraction of sp³-hybridized carbons (Fsp3) is 0.750. The minimum atomic E-state index is -1.06. The zero-order valence-corrected chi connectivity index (χ0v) is 7.56. The highest BCUT2D eigenvalue weighted by atomic mass is 16.4. The molecule has 2 atom stereocenters. The maximum atomic E-state index is 11.3. The lowest BCUT2D eigenvalue weighted by Gasteiger charge is -2.18. The molecule has 13 heavy (non-hydrogen) atoms. The number of nitrogens with two attached hydrogens (primary N) is 1. The first-order valence-corrected chi connectivity index (χ1v) is 4.29. The summed E-state index contributed by atoms with van der Waals surface area (Å²) in [6.07, 6.45) is 0.797. The van der Waals surface area contributed by atoms with E-state index in [9.17, 15) is 9.59 Å². The molecule has 1 aliphatic rings. The van der Waals surface area contributed by atoms with Gasteiger partial charge in [-0.05, 0) is 6.42 Å². The molecule has 2 unspecified atom stereocenters. The van der Waals surface area contributed by atoms with Crippen LogP contribution in [0, 0.1) is 5.92 Å². The highest BCUT2D eigenvalue weighted by Crippen LogP contribution is 2.16. The van der Waals surface area contributed by atoms with Crippen molar-refractivity contribution in [3.8, 4) is 0 Å². The molecule has 1 aliphatic heterocycles. The Bertz CT molecular complexity index is 229. The second-order valence-electron chi connectivity index (χ2n) is 3.42. The number of carbonyl (C=O) groups excluding carboxylic acids is 1. The Morgan fingerprint density at radius 2 is 2.46 bits per heavy atom. The molecule has 0 saturated carbocycles. The van der Waals surface area contributed by atoms with Gasteiger partial charge < -0.3 is 15.7 Å². The molecule has 1 heterocycles. The molecular weight excluding hydrogens is 172 g/mol. The van der Waals surface area contributed by atoms with Crippen LogP contribution in [0.4, 0.5) is 0 Å². The van der Waals surface area contributed by atoms with E-state index in [0.29, 0.717) is 6.54 Å². The molecule has 0 radical (unpaired) electrons. The summed E-state index contributed by atoms with van der Waals surface area (Å²) in [5.41, 5.74) is 5.31. The number of carboxylic acid groups (broad SMARTS) is 1. The smallest absolute Gasteiger partial charge is 0.322 e. The second kappa shape index (κ2) is 3.74. The van der Waals surface area contributed by atoms with Crippen LogP contribution in [0.15, 0.2) is 0 Å². The van der Waals surface area contributed by atoms with E-state index >= 15 is 0 Å². The molecule has 3 N–H and O–H groups in total. The molecule has 0 aromatic rings. The highest BCUT2D eigenvalue weighted by molar-refractivity contribution is 5.81. The van der Waals surface area contributed by atoms with Crippen LogP contribution in [0.25, 0.3) is 0 Å². The molecule has 74 valence electrons. The molecule has 1 amide bonds. The third-order valence-electron chi connectivity index (χ3n) is 2.30. The summed E-state index contributed by atoms with van der Waals surface area (Å²) in [6, 6.07) is -0.964. The Hall–Kier alpha value is -1.10. The molecule has 0 aromatic carbocycles. The van der Waals surface area contributed by atoms with Gasteiger partial charge in [0, 0.05) is 19.0 Å². The third-order valence-corrected chi connectivity index (χ3v) is 2.30. The fourth-order valence-corrected chi connectivity index (χ4v) is 1.39. The van der Waals surface area contributed by atoms with Gasteiger partial charge in [0.2, 0.25) is 5.91 Å². The number of aliphatic carboxylic acids is 1. The lowest BCUT2D eigenvalue weighted by Crippen LogP contribution is -2.43. The third kappa shape index (κ3) is 2.18. The first-order valence-electron chi connectivity index (χ1n) is 4.29. The molecule has 1 fully saturated rings. The largest absolute Gasteiger partial charge is 0.480 e. The summed E-state index contributed by atoms with van der Waals surface area (Å²) in [4.78, 5) is 23.3. The molecule has 1 rings (SSSR count). The van der Waals surface area contributed by atoms with E-state index < -0.39 is 12.0 Å². The van der Waals surface area contributed by atoms with E-state index in [1.807, 2.05) is 6.92 Å². The summed E-state index contributed by atoms with van der Waals surface area (Å²) < 4.78 is 0. The van der Waals surface area contributed by atoms with E-state index in [2.05, 4.69) is 0 Å². The average Bonchev–Trinajstić information content (AvgIpc) is 2.36. The van der Waals surface area contributed by atoms with E-state index in [0.717, 1.165) is 6.42 Å². The number of carbonyl (C=O) groups is 2. The second-order valence-corrected chi connectivity index (χ2v) is 3.42. The molecule has 5 nitrogen and oxygen atoms in total. The molecule has 0 aliphatic carbocycles. The number of amides is 1. The van der Waals surface area contributed by atoms with E-state index in [1.54, 1.807) is 0 Å². The van der Waals surface area contributed by atoms with Gasteiger partial charge in [0.05, 0.1) is 0 Å². The maximum Gasteiger partial charge on any atom is 0.322 e. The van der Waals surface area contributed by atoms with E-state index in [1.165, 1.54) is 4.90 Å². The molecular formula is C8H14N2O3. The van der Waals surface area contributed by atoms with Gasteiger partial charge in [-0.3, -0.25) is 9.59 Å². The molecule has 0 spiro atoms. The van der Waals surface area contributed by atoms with Gasteiger partial charge in [-0.25, -0.2) is 0 Å². The normalized spacial score (nSPS) is 24.9. The van der Waals surface area contributed by atoms with Crippen LogP contribution < -0.4 is 5.73 Å². The summed E-state index contributed by atoms with van der Waals surface area (Å²) in [6.45, 7) is 2.59. The van der Waals surface area contributed by atoms with Gasteiger partial charge >= 0.3 is 5.97 Å². The summed E-state index contributed by atoms with van der Waals surface area (Å²) in [5.74, 6) is -1.04. The first kappa shape index (κ1) is 9.98. The van der Waals surface area contributed by atoms with Crippen LogP contribution in [0.1, 0.15) is 13.3 Å². The van der Waals surface area contributed by atoms with Gasteiger partial charge in [0.15, 0.2) is 0 Å². The van der Waals surface area contributed by atoms with Crippen molar-refractivity contribution in [1.82, 2.24) is 4.90 Å². The van der Waals surface area contributed by atoms with Crippen LogP contribution >= 0.6 is 0 Å². The Morgan fingerprint density at radius 3 is 2.85 bits per heavy atom. The number of carboxylic acids is 1. The number of hydrogen-bond acceptors (Lipinski definition) is 3. The number of nitrogens with zero attached hydrogens (tertiary/aromatic N) is 1. The van der Waals surface area contributed by atoms with Gasteiger partial charge in [-0.2, -0.15) is 0 Å². The minimum absolute atomic E-state index is 0.0108. The number of rotatable bonds is 3. The van der Waals surface area contributed by atoms with Crippen LogP contribution in [0.3, 0.4) is 0 Å². The molecule has 0 aromatic heterocycles. The molecule has 5 heteroatoms. The van der Waals surface area contributed by atoms with Crippen molar-refractivity contribution in [2.75, 3.05) is 13.1 Å². The number of hydrogen-bond donors (Lipinski definition) is 2. The standard InChI is InChI=1S/C8H14N2O3/c1-5-2-3-10(7(5)11)4-6(9)8(12)13/h5-6H,2-4,9H2,1H3,(H,12,13). The minimum Gasteiger partial charge on any atom is -0.480 e. The Kier molecular flexibility index (Phi) is 2.87. The lowest BCUT2D eigenvalue weighted by atomic mass is 10.1. The molecule has 0 bridgehead atoms. The quantitative estimate of drug-likeness (QED) is 0.608. The zero-order valence-electron chi connectivity index (χ0n) is 7.56. The monoisotopic (exact) mass is 186 g/mol. The van der Waals surface area contributed by atoms with Gasteiger partial charge in [-0.1, -0.05) is 6.92 Å². The Morgan fingerprint density at radius 1 is 1.85 bits per heavy atom. The van der Waals surface area contributed by atoms with Crippen molar-refractivity contribution >= 4 is 11.9 Å². The number of likely N-dealkylation sites (tertiary alicyclic amines) is 1. The summed E-state index contributed by atoms with van der Waals surface area (Å²) >= 11 is 0. The fourth-order valence-electron chi connectivity index (χ4n) is 1.39. The van der Waals surface area contributed by atoms with Crippen LogP contribution in [-0.4, -0.2) is 41.0 Å². The van der Waals surface area contributed by atoms with Crippen molar-refractivity contribution < 1.29 is 14.7 Å². The SMILES string of the molecule is CC1CCN(CC(N)C(=O)O)C1=O. The summed E-state index contributed by atoms with van der Waals surface area (Å²) in [5, 5.41) is 8.53. The maximum absolute atomic E-state index is 11.3. The highest BCUT2D eigenvalue weighted by Gasteiger charge is 2.30. The van der Waals surface area contributed by atoms with Crippen molar-refractivity contribution in [2.45, 2.75) is 19.4 Å². The van der Waals surface area contributed by atoms with Crippen molar-refractivity contribution in [3.05, 3.63) is 0 Å². The van der Waals surface area contributed by atoms with Crippen LogP contribution in [0.2, 0.25) is 0 Å².